The summed E-state index contributed by atoms with van der Waals surface area (Å²) in [5, 5.41) is 28.8. The van der Waals surface area contributed by atoms with Gasteiger partial charge >= 0.3 is 0 Å². The van der Waals surface area contributed by atoms with E-state index in [0.29, 0.717) is 42.9 Å². The first-order valence-corrected chi connectivity index (χ1v) is 16.4. The number of aryl methyl sites for hydroxylation is 1. The second kappa shape index (κ2) is 12.8. The Kier molecular flexibility index (Phi) is 8.50. The summed E-state index contributed by atoms with van der Waals surface area (Å²) in [7, 11) is 2.04. The van der Waals surface area contributed by atoms with Crippen LogP contribution in [0.1, 0.15) is 47.3 Å². The number of phenolic OH excluding ortho intramolecular Hbond substituents is 1. The molecule has 1 saturated heterocycles. The van der Waals surface area contributed by atoms with Gasteiger partial charge in [-0.15, -0.1) is 0 Å². The zero-order chi connectivity index (χ0) is 33.5. The van der Waals surface area contributed by atoms with E-state index in [0.717, 1.165) is 28.9 Å². The summed E-state index contributed by atoms with van der Waals surface area (Å²) in [5.74, 6) is 6.51. The van der Waals surface area contributed by atoms with Gasteiger partial charge < -0.3 is 40.0 Å². The van der Waals surface area contributed by atoms with Crippen LogP contribution in [0.15, 0.2) is 54.6 Å². The molecule has 4 N–H and O–H groups in total. The van der Waals surface area contributed by atoms with Gasteiger partial charge in [0.05, 0.1) is 23.6 Å². The molecule has 2 aliphatic heterocycles. The molecule has 2 aromatic carbocycles. The first-order valence-electron chi connectivity index (χ1n) is 16.4. The fraction of sp³-hybridized carbons (Fsp3) is 0.432. The summed E-state index contributed by atoms with van der Waals surface area (Å²) in [5.41, 5.74) is 2.60. The number of likely N-dealkylation sites (N-methyl/N-ethyl adjacent to an activating group) is 1. The summed E-state index contributed by atoms with van der Waals surface area (Å²) >= 11 is 0. The van der Waals surface area contributed by atoms with Crippen LogP contribution < -0.4 is 20.1 Å². The number of aromatic nitrogens is 1. The highest BCUT2D eigenvalue weighted by molar-refractivity contribution is 5.80. The van der Waals surface area contributed by atoms with Crippen molar-refractivity contribution in [2.24, 2.45) is 0 Å². The maximum Gasteiger partial charge on any atom is 0.246 e. The fourth-order valence-corrected chi connectivity index (χ4v) is 8.21. The van der Waals surface area contributed by atoms with Crippen LogP contribution in [0.4, 0.5) is 0 Å². The number of rotatable bonds is 9. The smallest absolute Gasteiger partial charge is 0.246 e. The van der Waals surface area contributed by atoms with E-state index in [-0.39, 0.29) is 50.0 Å². The third kappa shape index (κ3) is 5.64. The quantitative estimate of drug-likeness (QED) is 0.202. The van der Waals surface area contributed by atoms with Gasteiger partial charge in [0.15, 0.2) is 11.5 Å². The molecule has 2 bridgehead atoms. The predicted octanol–water partition coefficient (Wildman–Crippen LogP) is 1.98. The van der Waals surface area contributed by atoms with Gasteiger partial charge in [-0.2, -0.15) is 0 Å². The molecule has 3 heterocycles. The molecule has 1 unspecified atom stereocenters. The van der Waals surface area contributed by atoms with Gasteiger partial charge in [0.25, 0.3) is 0 Å². The van der Waals surface area contributed by atoms with E-state index in [9.17, 15) is 19.8 Å². The summed E-state index contributed by atoms with van der Waals surface area (Å²) in [6, 6.07) is 16.2. The van der Waals surface area contributed by atoms with Crippen molar-refractivity contribution in [2.45, 2.75) is 61.8 Å². The molecule has 3 aromatic rings. The molecule has 2 aliphatic carbocycles. The second-order valence-electron chi connectivity index (χ2n) is 13.2. The Morgan fingerprint density at radius 3 is 2.79 bits per heavy atom. The van der Waals surface area contributed by atoms with Crippen LogP contribution in [0.2, 0.25) is 0 Å². The molecule has 2 fully saturated rings. The molecule has 1 spiro atoms. The number of nitrogens with zero attached hydrogens (tertiary/aromatic N) is 2. The molecule has 1 saturated carbocycles. The average Bonchev–Trinajstić information content (AvgIpc) is 3.43. The third-order valence-corrected chi connectivity index (χ3v) is 10.3. The second-order valence-corrected chi connectivity index (χ2v) is 13.2. The number of amides is 2. The molecule has 11 nitrogen and oxygen atoms in total. The molecular formula is C37H40N4O7. The Morgan fingerprint density at radius 2 is 1.94 bits per heavy atom. The lowest BCUT2D eigenvalue weighted by molar-refractivity contribution is -0.187. The van der Waals surface area contributed by atoms with E-state index in [4.69, 9.17) is 14.2 Å². The standard InChI is InChI=1S/C37H40N4O7/c1-23-5-3-7-26(39-23)11-9-24-6-4-8-27(19-24)47-18-16-38-31(43)21-46-22-32(44)40-28-13-14-37(45)30-20-25-10-12-29(42)34-33(25)36(37,35(28)48-34)15-17-41(30)2/h3-8,10,12,19,28,30,35,42,45H,13-18,20-22H2,1-2H3,(H,38,43)(H,40,44)/t28-,30?,35-,36-,37+/m0/s1. The summed E-state index contributed by atoms with van der Waals surface area (Å²) in [6.45, 7) is 2.62. The fourth-order valence-electron chi connectivity index (χ4n) is 8.21. The summed E-state index contributed by atoms with van der Waals surface area (Å²) in [6.07, 6.45) is 1.82. The van der Waals surface area contributed by atoms with Crippen LogP contribution in [0, 0.1) is 18.8 Å². The van der Waals surface area contributed by atoms with E-state index in [2.05, 4.69) is 32.4 Å². The van der Waals surface area contributed by atoms with Crippen molar-refractivity contribution >= 4 is 11.8 Å². The van der Waals surface area contributed by atoms with E-state index >= 15 is 0 Å². The lowest BCUT2D eigenvalue weighted by Crippen LogP contribution is -2.77. The molecule has 0 radical (unpaired) electrons. The minimum Gasteiger partial charge on any atom is -0.504 e. The number of benzene rings is 2. The van der Waals surface area contributed by atoms with Gasteiger partial charge in [-0.3, -0.25) is 9.59 Å². The first-order chi connectivity index (χ1) is 23.2. The van der Waals surface area contributed by atoms with E-state index < -0.39 is 23.2 Å². The molecule has 2 amide bonds. The van der Waals surface area contributed by atoms with E-state index in [1.54, 1.807) is 6.07 Å². The average molecular weight is 653 g/mol. The predicted molar refractivity (Wildman–Crippen MR) is 176 cm³/mol. The molecule has 1 aromatic heterocycles. The van der Waals surface area contributed by atoms with Gasteiger partial charge in [0.2, 0.25) is 11.8 Å². The summed E-state index contributed by atoms with van der Waals surface area (Å²) in [4.78, 5) is 32.0. The number of hydrogen-bond donors (Lipinski definition) is 4. The van der Waals surface area contributed by atoms with E-state index in [1.807, 2.05) is 62.5 Å². The third-order valence-electron chi connectivity index (χ3n) is 10.3. The van der Waals surface area contributed by atoms with Gasteiger partial charge in [-0.1, -0.05) is 24.1 Å². The van der Waals surface area contributed by atoms with Crippen molar-refractivity contribution in [1.82, 2.24) is 20.5 Å². The number of hydrogen-bond acceptors (Lipinski definition) is 9. The normalized spacial score (nSPS) is 26.4. The number of aromatic hydroxyl groups is 1. The SMILES string of the molecule is Cc1cccc(C#Cc2cccc(OCCNC(=O)COCC(=O)N[C@H]3CC[C@@]4(O)C5Cc6ccc(O)c7c6[C@@]4(CCN5C)[C@H]3O7)c2)n1. The van der Waals surface area contributed by atoms with Crippen molar-refractivity contribution in [2.75, 3.05) is 40.0 Å². The molecule has 48 heavy (non-hydrogen) atoms. The van der Waals surface area contributed by atoms with Gasteiger partial charge in [-0.05, 0) is 94.1 Å². The summed E-state index contributed by atoms with van der Waals surface area (Å²) < 4.78 is 17.6. The molecule has 4 aliphatic rings. The van der Waals surface area contributed by atoms with Crippen molar-refractivity contribution in [3.63, 3.8) is 0 Å². The number of ether oxygens (including phenoxy) is 3. The van der Waals surface area contributed by atoms with Gasteiger partial charge in [0, 0.05) is 22.9 Å². The molecule has 250 valence electrons. The van der Waals surface area contributed by atoms with Crippen molar-refractivity contribution in [3.8, 4) is 29.1 Å². The molecule has 7 rings (SSSR count). The molecular weight excluding hydrogens is 612 g/mol. The monoisotopic (exact) mass is 652 g/mol. The Hall–Kier alpha value is -4.63. The lowest BCUT2D eigenvalue weighted by Gasteiger charge is -2.63. The van der Waals surface area contributed by atoms with Crippen LogP contribution >= 0.6 is 0 Å². The van der Waals surface area contributed by atoms with Crippen LogP contribution in [0.25, 0.3) is 0 Å². The number of pyridine rings is 1. The highest BCUT2D eigenvalue weighted by Gasteiger charge is 2.72. The van der Waals surface area contributed by atoms with E-state index in [1.165, 1.54) is 0 Å². The Labute approximate surface area is 279 Å². The maximum atomic E-state index is 13.0. The van der Waals surface area contributed by atoms with Crippen molar-refractivity contribution in [1.29, 1.82) is 0 Å². The Bertz CT molecular complexity index is 1800. The number of carbonyl (C=O) groups is 2. The van der Waals surface area contributed by atoms with Gasteiger partial charge in [-0.25, -0.2) is 4.98 Å². The van der Waals surface area contributed by atoms with Crippen molar-refractivity contribution < 1.29 is 34.0 Å². The highest BCUT2D eigenvalue weighted by atomic mass is 16.5. The lowest BCUT2D eigenvalue weighted by atomic mass is 9.48. The Balaban J connectivity index is 0.876. The number of phenols is 1. The topological polar surface area (TPSA) is 142 Å². The van der Waals surface area contributed by atoms with Crippen molar-refractivity contribution in [3.05, 3.63) is 82.7 Å². The number of piperidine rings is 1. The van der Waals surface area contributed by atoms with Crippen LogP contribution in [0.3, 0.4) is 0 Å². The molecule has 11 heteroatoms. The minimum absolute atomic E-state index is 0.0524. The zero-order valence-corrected chi connectivity index (χ0v) is 27.1. The largest absolute Gasteiger partial charge is 0.504 e. The number of carbonyl (C=O) groups excluding carboxylic acids is 2. The first kappa shape index (κ1) is 31.9. The number of aliphatic hydroxyl groups is 1. The maximum absolute atomic E-state index is 13.0. The zero-order valence-electron chi connectivity index (χ0n) is 27.1. The van der Waals surface area contributed by atoms with Crippen LogP contribution in [-0.4, -0.2) is 95.7 Å². The van der Waals surface area contributed by atoms with Crippen LogP contribution in [-0.2, 0) is 26.2 Å². The van der Waals surface area contributed by atoms with Crippen LogP contribution in [0.5, 0.6) is 17.2 Å². The van der Waals surface area contributed by atoms with Gasteiger partial charge in [0.1, 0.15) is 37.4 Å². The number of nitrogens with one attached hydrogen (secondary N) is 2. The Morgan fingerprint density at radius 1 is 1.10 bits per heavy atom. The minimum atomic E-state index is -1.04. The number of likely N-dealkylation sites (tertiary alicyclic amines) is 1. The molecule has 5 atom stereocenters. The highest BCUT2D eigenvalue weighted by Crippen LogP contribution is 2.65.